The van der Waals surface area contributed by atoms with Crippen LogP contribution >= 0.6 is 0 Å². The number of allylic oxidation sites excluding steroid dienone is 3. The van der Waals surface area contributed by atoms with Gasteiger partial charge in [-0.2, -0.15) is 10.1 Å². The van der Waals surface area contributed by atoms with E-state index in [1.54, 1.807) is 12.2 Å². The van der Waals surface area contributed by atoms with Crippen molar-refractivity contribution in [2.75, 3.05) is 13.1 Å². The molecule has 2 N–H and O–H groups in total. The molecule has 0 aromatic carbocycles. The number of ether oxygens (including phenoxy) is 1. The van der Waals surface area contributed by atoms with Crippen molar-refractivity contribution in [1.29, 1.82) is 0 Å². The van der Waals surface area contributed by atoms with Crippen molar-refractivity contribution in [3.05, 3.63) is 48.9 Å². The molecule has 0 fully saturated rings. The lowest BCUT2D eigenvalue weighted by Gasteiger charge is -2.19. The summed E-state index contributed by atoms with van der Waals surface area (Å²) in [6.45, 7) is 14.6. The average Bonchev–Trinajstić information content (AvgIpc) is 2.88. The maximum Gasteiger partial charge on any atom is 0.415 e. The molecular weight excluding hydrogens is 400 g/mol. The quantitative estimate of drug-likeness (QED) is 0.366. The number of rotatable bonds is 7. The minimum atomic E-state index is -0.533. The van der Waals surface area contributed by atoms with E-state index in [2.05, 4.69) is 39.0 Å². The molecule has 1 rings (SSSR count). The molecule has 0 aromatic heterocycles. The van der Waals surface area contributed by atoms with Gasteiger partial charge in [0.1, 0.15) is 11.5 Å². The first-order valence-corrected chi connectivity index (χ1v) is 9.66. The van der Waals surface area contributed by atoms with Crippen molar-refractivity contribution in [3.8, 4) is 0 Å². The third-order valence-electron chi connectivity index (χ3n) is 3.82. The van der Waals surface area contributed by atoms with Crippen LogP contribution in [0.15, 0.2) is 64.0 Å². The third kappa shape index (κ3) is 8.21. The summed E-state index contributed by atoms with van der Waals surface area (Å²) in [5.41, 5.74) is 3.36. The van der Waals surface area contributed by atoms with Gasteiger partial charge < -0.3 is 15.0 Å². The molecule has 1 aliphatic heterocycles. The van der Waals surface area contributed by atoms with Gasteiger partial charge in [-0.1, -0.05) is 19.2 Å². The van der Waals surface area contributed by atoms with Crippen LogP contribution in [0.3, 0.4) is 0 Å². The number of nitrogens with one attached hydrogen (secondary N) is 2. The van der Waals surface area contributed by atoms with Crippen molar-refractivity contribution in [2.45, 2.75) is 34.1 Å². The Hall–Kier alpha value is -3.82. The predicted molar refractivity (Wildman–Crippen MR) is 121 cm³/mol. The van der Waals surface area contributed by atoms with E-state index in [1.165, 1.54) is 30.9 Å². The van der Waals surface area contributed by atoms with Crippen LogP contribution in [0.4, 0.5) is 4.79 Å². The van der Waals surface area contributed by atoms with E-state index in [0.717, 1.165) is 0 Å². The van der Waals surface area contributed by atoms with Crippen LogP contribution in [-0.2, 0) is 14.3 Å². The summed E-state index contributed by atoms with van der Waals surface area (Å²) < 4.78 is 5.39. The fraction of sp³-hybridized carbons (Fsp3) is 0.333. The first-order valence-electron chi connectivity index (χ1n) is 9.66. The summed E-state index contributed by atoms with van der Waals surface area (Å²) >= 11 is 0. The van der Waals surface area contributed by atoms with Gasteiger partial charge in [-0.3, -0.25) is 15.0 Å². The smallest absolute Gasteiger partial charge is 0.408 e. The lowest BCUT2D eigenvalue weighted by molar-refractivity contribution is -0.117. The molecule has 0 aromatic rings. The number of carbonyl (C=O) groups is 3. The van der Waals surface area contributed by atoms with Crippen LogP contribution in [0.25, 0.3) is 0 Å². The van der Waals surface area contributed by atoms with Gasteiger partial charge in [0.05, 0.1) is 5.70 Å². The average molecular weight is 428 g/mol. The molecule has 0 aliphatic carbocycles. The first kappa shape index (κ1) is 25.2. The highest BCUT2D eigenvalue weighted by atomic mass is 16.6. The van der Waals surface area contributed by atoms with E-state index < -0.39 is 12.0 Å². The minimum absolute atomic E-state index is 0.0393. The van der Waals surface area contributed by atoms with Gasteiger partial charge in [0.15, 0.2) is 11.6 Å². The van der Waals surface area contributed by atoms with Crippen molar-refractivity contribution in [1.82, 2.24) is 15.6 Å². The van der Waals surface area contributed by atoms with E-state index in [-0.39, 0.29) is 35.5 Å². The Morgan fingerprint density at radius 2 is 1.90 bits per heavy atom. The van der Waals surface area contributed by atoms with Crippen molar-refractivity contribution < 1.29 is 19.1 Å². The van der Waals surface area contributed by atoms with Crippen molar-refractivity contribution in [3.63, 3.8) is 0 Å². The predicted octanol–water partition coefficient (Wildman–Crippen LogP) is 2.43. The molecule has 1 heterocycles. The monoisotopic (exact) mass is 428 g/mol. The summed E-state index contributed by atoms with van der Waals surface area (Å²) in [5, 5.41) is 6.80. The molecule has 1 aliphatic rings. The van der Waals surface area contributed by atoms with Crippen molar-refractivity contribution >= 4 is 35.3 Å². The molecule has 166 valence electrons. The highest BCUT2D eigenvalue weighted by Gasteiger charge is 2.16. The Balaban J connectivity index is 3.25. The first-order chi connectivity index (χ1) is 14.7. The zero-order valence-corrected chi connectivity index (χ0v) is 18.3. The van der Waals surface area contributed by atoms with E-state index >= 15 is 0 Å². The molecule has 0 saturated heterocycles. The summed E-state index contributed by atoms with van der Waals surface area (Å²) in [7, 11) is 0. The van der Waals surface area contributed by atoms with E-state index in [4.69, 9.17) is 4.74 Å². The van der Waals surface area contributed by atoms with Gasteiger partial charge >= 0.3 is 6.09 Å². The Morgan fingerprint density at radius 1 is 1.23 bits per heavy atom. The summed E-state index contributed by atoms with van der Waals surface area (Å²) in [5.74, 6) is -0.385. The lowest BCUT2D eigenvalue weighted by atomic mass is 10.2. The molecule has 10 heteroatoms. The SMILES string of the molecule is C=C/C(N/N=C1\CC=CC(NC(C)=O)=NC1=NC(C)=O)=C(\C=C)OC(=O)N(CC)CC. The Labute approximate surface area is 181 Å². The van der Waals surface area contributed by atoms with Gasteiger partial charge in [-0.25, -0.2) is 9.79 Å². The van der Waals surface area contributed by atoms with Crippen molar-refractivity contribution in [2.24, 2.45) is 15.1 Å². The molecule has 10 nitrogen and oxygen atoms in total. The fourth-order valence-corrected chi connectivity index (χ4v) is 2.35. The maximum atomic E-state index is 12.2. The highest BCUT2D eigenvalue weighted by molar-refractivity contribution is 6.45. The van der Waals surface area contributed by atoms with E-state index in [1.807, 2.05) is 13.8 Å². The van der Waals surface area contributed by atoms with Crippen LogP contribution < -0.4 is 10.7 Å². The fourth-order valence-electron chi connectivity index (χ4n) is 2.35. The van der Waals surface area contributed by atoms with Gasteiger partial charge in [0, 0.05) is 33.4 Å². The topological polar surface area (TPSA) is 125 Å². The molecule has 0 spiro atoms. The number of nitrogens with zero attached hydrogens (tertiary/aromatic N) is 4. The number of carbonyl (C=O) groups excluding carboxylic acids is 3. The summed E-state index contributed by atoms with van der Waals surface area (Å²) in [6.07, 6.45) is 5.82. The molecule has 31 heavy (non-hydrogen) atoms. The Bertz CT molecular complexity index is 892. The van der Waals surface area contributed by atoms with Gasteiger partial charge in [0.2, 0.25) is 11.8 Å². The number of hydrogen-bond acceptors (Lipinski definition) is 6. The standard InChI is InChI=1S/C21H28N6O4/c1-7-16(18(8-2)31-21(30)27(9-3)10-4)25-26-17-12-11-13-19(22-14(5)28)24-20(17)23-15(6)29/h7-8,11,13,25H,1-2,9-10,12H2,3-6H3,(H,22,23,24,28,29)/b18-16-,26-17+. The second-order valence-electron chi connectivity index (χ2n) is 6.14. The molecular formula is C21H28N6O4. The molecule has 0 bridgehead atoms. The van der Waals surface area contributed by atoms with Crippen LogP contribution in [0, 0.1) is 0 Å². The van der Waals surface area contributed by atoms with Crippen LogP contribution in [0.2, 0.25) is 0 Å². The van der Waals surface area contributed by atoms with Gasteiger partial charge in [-0.15, -0.1) is 0 Å². The number of amidine groups is 2. The van der Waals surface area contributed by atoms with E-state index in [0.29, 0.717) is 18.8 Å². The van der Waals surface area contributed by atoms with Gasteiger partial charge in [-0.05, 0) is 32.1 Å². The molecule has 0 atom stereocenters. The zero-order chi connectivity index (χ0) is 23.4. The summed E-state index contributed by atoms with van der Waals surface area (Å²) in [6, 6.07) is 0. The van der Waals surface area contributed by atoms with E-state index in [9.17, 15) is 14.4 Å². The lowest BCUT2D eigenvalue weighted by Crippen LogP contribution is -2.31. The second kappa shape index (κ2) is 12.7. The normalized spacial score (nSPS) is 16.6. The largest absolute Gasteiger partial charge is 0.415 e. The molecule has 0 unspecified atom stereocenters. The number of hydrogen-bond donors (Lipinski definition) is 2. The second-order valence-corrected chi connectivity index (χ2v) is 6.14. The van der Waals surface area contributed by atoms with Crippen LogP contribution in [0.5, 0.6) is 0 Å². The van der Waals surface area contributed by atoms with Crippen LogP contribution in [-0.4, -0.2) is 53.3 Å². The highest BCUT2D eigenvalue weighted by Crippen LogP contribution is 2.10. The number of hydrazone groups is 1. The summed E-state index contributed by atoms with van der Waals surface area (Å²) in [4.78, 5) is 44.7. The third-order valence-corrected chi connectivity index (χ3v) is 3.82. The molecule has 0 radical (unpaired) electrons. The van der Waals surface area contributed by atoms with Gasteiger partial charge in [0.25, 0.3) is 0 Å². The molecule has 0 saturated carbocycles. The number of aliphatic imine (C=N–C) groups is 2. The Morgan fingerprint density at radius 3 is 2.42 bits per heavy atom. The number of amides is 3. The minimum Gasteiger partial charge on any atom is -0.408 e. The molecule has 3 amide bonds. The zero-order valence-electron chi connectivity index (χ0n) is 18.3. The maximum absolute atomic E-state index is 12.2. The van der Waals surface area contributed by atoms with Crippen LogP contribution in [0.1, 0.15) is 34.1 Å². The Kier molecular flexibility index (Phi) is 10.3.